The van der Waals surface area contributed by atoms with Crippen LogP contribution >= 0.6 is 12.6 Å². The molecule has 98 valence electrons. The lowest BCUT2D eigenvalue weighted by Gasteiger charge is -2.33. The number of fused-ring (bicyclic) bond motifs is 1. The van der Waals surface area contributed by atoms with Crippen LogP contribution in [0.3, 0.4) is 0 Å². The van der Waals surface area contributed by atoms with E-state index in [9.17, 15) is 4.79 Å². The standard InChI is InChI=1S/C13H24N2OS/c1-9(2)12(17)13(16)14-10-6-8-15-7-4-3-5-11(10)15/h9-12,17H,3-8H2,1-2H3,(H,14,16). The van der Waals surface area contributed by atoms with Gasteiger partial charge in [0.2, 0.25) is 5.91 Å². The van der Waals surface area contributed by atoms with Crippen molar-refractivity contribution in [1.29, 1.82) is 0 Å². The quantitative estimate of drug-likeness (QED) is 0.753. The highest BCUT2D eigenvalue weighted by Gasteiger charge is 2.36. The predicted octanol–water partition coefficient (Wildman–Crippen LogP) is 1.68. The molecule has 2 fully saturated rings. The highest BCUT2D eigenvalue weighted by atomic mass is 32.1. The van der Waals surface area contributed by atoms with E-state index in [1.807, 2.05) is 13.8 Å². The van der Waals surface area contributed by atoms with E-state index in [1.54, 1.807) is 0 Å². The summed E-state index contributed by atoms with van der Waals surface area (Å²) in [6, 6.07) is 0.941. The van der Waals surface area contributed by atoms with Gasteiger partial charge in [-0.15, -0.1) is 0 Å². The van der Waals surface area contributed by atoms with E-state index in [2.05, 4.69) is 22.8 Å². The highest BCUT2D eigenvalue weighted by Crippen LogP contribution is 2.27. The number of carbonyl (C=O) groups excluding carboxylic acids is 1. The van der Waals surface area contributed by atoms with Gasteiger partial charge in [-0.05, 0) is 31.7 Å². The summed E-state index contributed by atoms with van der Waals surface area (Å²) in [5.74, 6) is 0.406. The minimum absolute atomic E-state index is 0.112. The molecule has 0 radical (unpaired) electrons. The maximum atomic E-state index is 12.0. The van der Waals surface area contributed by atoms with Gasteiger partial charge in [0.15, 0.2) is 0 Å². The normalized spacial score (nSPS) is 31.3. The Bertz CT molecular complexity index is 283. The Morgan fingerprint density at radius 2 is 2.06 bits per heavy atom. The van der Waals surface area contributed by atoms with Crippen molar-refractivity contribution in [3.63, 3.8) is 0 Å². The van der Waals surface area contributed by atoms with E-state index < -0.39 is 0 Å². The van der Waals surface area contributed by atoms with Crippen molar-refractivity contribution in [1.82, 2.24) is 10.2 Å². The summed E-state index contributed by atoms with van der Waals surface area (Å²) in [7, 11) is 0. The first-order valence-electron chi connectivity index (χ1n) is 6.82. The second kappa shape index (κ2) is 5.61. The highest BCUT2D eigenvalue weighted by molar-refractivity contribution is 7.81. The molecule has 3 nitrogen and oxygen atoms in total. The summed E-state index contributed by atoms with van der Waals surface area (Å²) in [5.41, 5.74) is 0. The molecule has 0 bridgehead atoms. The summed E-state index contributed by atoms with van der Waals surface area (Å²) in [5, 5.41) is 3.03. The van der Waals surface area contributed by atoms with Crippen molar-refractivity contribution in [3.8, 4) is 0 Å². The molecule has 0 aliphatic carbocycles. The van der Waals surface area contributed by atoms with Crippen LogP contribution in [0, 0.1) is 5.92 Å². The van der Waals surface area contributed by atoms with Crippen molar-refractivity contribution < 1.29 is 4.79 Å². The molecule has 3 unspecified atom stereocenters. The first-order valence-corrected chi connectivity index (χ1v) is 7.33. The molecule has 2 rings (SSSR count). The largest absolute Gasteiger partial charge is 0.351 e. The minimum atomic E-state index is -0.173. The van der Waals surface area contributed by atoms with E-state index in [-0.39, 0.29) is 11.2 Å². The molecule has 0 aromatic heterocycles. The average Bonchev–Trinajstić information content (AvgIpc) is 2.71. The van der Waals surface area contributed by atoms with Crippen LogP contribution in [0.1, 0.15) is 39.5 Å². The summed E-state index contributed by atoms with van der Waals surface area (Å²) >= 11 is 4.39. The van der Waals surface area contributed by atoms with E-state index in [1.165, 1.54) is 25.8 Å². The molecule has 2 aliphatic rings. The molecular formula is C13H24N2OS. The average molecular weight is 256 g/mol. The predicted molar refractivity (Wildman–Crippen MR) is 73.4 cm³/mol. The Labute approximate surface area is 110 Å². The van der Waals surface area contributed by atoms with Gasteiger partial charge in [0, 0.05) is 18.6 Å². The molecule has 17 heavy (non-hydrogen) atoms. The van der Waals surface area contributed by atoms with Crippen LogP contribution in [0.2, 0.25) is 0 Å². The van der Waals surface area contributed by atoms with Crippen LogP contribution in [0.5, 0.6) is 0 Å². The van der Waals surface area contributed by atoms with Crippen LogP contribution in [0.4, 0.5) is 0 Å². The Morgan fingerprint density at radius 3 is 2.76 bits per heavy atom. The van der Waals surface area contributed by atoms with Gasteiger partial charge in [0.1, 0.15) is 0 Å². The zero-order valence-electron chi connectivity index (χ0n) is 10.9. The van der Waals surface area contributed by atoms with E-state index in [4.69, 9.17) is 0 Å². The lowest BCUT2D eigenvalue weighted by atomic mass is 9.98. The zero-order valence-corrected chi connectivity index (χ0v) is 11.7. The first kappa shape index (κ1) is 13.2. The lowest BCUT2D eigenvalue weighted by Crippen LogP contribution is -2.49. The van der Waals surface area contributed by atoms with Crippen LogP contribution < -0.4 is 5.32 Å². The second-order valence-electron chi connectivity index (χ2n) is 5.69. The SMILES string of the molecule is CC(C)C(S)C(=O)NC1CCN2CCCCC12. The number of hydrogen-bond acceptors (Lipinski definition) is 3. The number of nitrogens with one attached hydrogen (secondary N) is 1. The van der Waals surface area contributed by atoms with Crippen LogP contribution in [0.25, 0.3) is 0 Å². The molecule has 2 heterocycles. The minimum Gasteiger partial charge on any atom is -0.351 e. The third kappa shape index (κ3) is 2.97. The second-order valence-corrected chi connectivity index (χ2v) is 6.25. The topological polar surface area (TPSA) is 32.3 Å². The molecule has 0 aromatic carbocycles. The molecular weight excluding hydrogens is 232 g/mol. The molecule has 1 N–H and O–H groups in total. The number of rotatable bonds is 3. The Hall–Kier alpha value is -0.220. The third-order valence-electron chi connectivity index (χ3n) is 4.08. The van der Waals surface area contributed by atoms with E-state index >= 15 is 0 Å². The molecule has 2 aliphatic heterocycles. The summed E-state index contributed by atoms with van der Waals surface area (Å²) < 4.78 is 0. The fraction of sp³-hybridized carbons (Fsp3) is 0.923. The van der Waals surface area contributed by atoms with Crippen LogP contribution in [-0.2, 0) is 4.79 Å². The summed E-state index contributed by atoms with van der Waals surface area (Å²) in [6.07, 6.45) is 4.97. The number of thiol groups is 1. The van der Waals surface area contributed by atoms with E-state index in [0.29, 0.717) is 18.0 Å². The molecule has 1 amide bonds. The van der Waals surface area contributed by atoms with Gasteiger partial charge in [-0.3, -0.25) is 9.69 Å². The van der Waals surface area contributed by atoms with Crippen LogP contribution in [0.15, 0.2) is 0 Å². The third-order valence-corrected chi connectivity index (χ3v) is 4.91. The number of carbonyl (C=O) groups is 1. The summed E-state index contributed by atoms with van der Waals surface area (Å²) in [4.78, 5) is 14.5. The van der Waals surface area contributed by atoms with E-state index in [0.717, 1.165) is 13.0 Å². The van der Waals surface area contributed by atoms with Gasteiger partial charge in [0.05, 0.1) is 5.25 Å². The molecule has 4 heteroatoms. The maximum absolute atomic E-state index is 12.0. The van der Waals surface area contributed by atoms with Crippen molar-refractivity contribution in [2.45, 2.75) is 56.9 Å². The van der Waals surface area contributed by atoms with Gasteiger partial charge in [-0.1, -0.05) is 20.3 Å². The van der Waals surface area contributed by atoms with Gasteiger partial charge < -0.3 is 5.32 Å². The number of amides is 1. The fourth-order valence-corrected chi connectivity index (χ4v) is 3.06. The fourth-order valence-electron chi connectivity index (χ4n) is 2.99. The maximum Gasteiger partial charge on any atom is 0.233 e. The first-order chi connectivity index (χ1) is 8.09. The zero-order chi connectivity index (χ0) is 12.4. The monoisotopic (exact) mass is 256 g/mol. The van der Waals surface area contributed by atoms with Crippen molar-refractivity contribution in [2.24, 2.45) is 5.92 Å². The molecule has 3 atom stereocenters. The Balaban J connectivity index is 1.89. The van der Waals surface area contributed by atoms with Crippen molar-refractivity contribution in [2.75, 3.05) is 13.1 Å². The summed E-state index contributed by atoms with van der Waals surface area (Å²) in [6.45, 7) is 6.44. The van der Waals surface area contributed by atoms with Crippen molar-refractivity contribution >= 4 is 18.5 Å². The lowest BCUT2D eigenvalue weighted by molar-refractivity contribution is -0.122. The molecule has 2 saturated heterocycles. The van der Waals surface area contributed by atoms with Gasteiger partial charge in [-0.25, -0.2) is 0 Å². The van der Waals surface area contributed by atoms with Gasteiger partial charge >= 0.3 is 0 Å². The molecule has 0 aromatic rings. The molecule has 0 spiro atoms. The Kier molecular flexibility index (Phi) is 4.36. The number of hydrogen-bond donors (Lipinski definition) is 2. The molecule has 0 saturated carbocycles. The number of piperidine rings is 1. The van der Waals surface area contributed by atoms with Crippen molar-refractivity contribution in [3.05, 3.63) is 0 Å². The smallest absolute Gasteiger partial charge is 0.233 e. The Morgan fingerprint density at radius 1 is 1.29 bits per heavy atom. The van der Waals surface area contributed by atoms with Crippen LogP contribution in [-0.4, -0.2) is 41.2 Å². The van der Waals surface area contributed by atoms with Gasteiger partial charge in [-0.2, -0.15) is 12.6 Å². The van der Waals surface area contributed by atoms with Gasteiger partial charge in [0.25, 0.3) is 0 Å². The number of nitrogens with zero attached hydrogens (tertiary/aromatic N) is 1.